The molecule has 1 aliphatic carbocycles. The van der Waals surface area contributed by atoms with E-state index in [2.05, 4.69) is 10.4 Å². The minimum absolute atomic E-state index is 0.0941. The van der Waals surface area contributed by atoms with E-state index in [-0.39, 0.29) is 11.5 Å². The number of hydrogen-bond acceptors (Lipinski definition) is 4. The summed E-state index contributed by atoms with van der Waals surface area (Å²) < 4.78 is 6.71. The Hall–Kier alpha value is -3.15. The smallest absolute Gasteiger partial charge is 0.267 e. The molecular weight excluding hydrogens is 342 g/mol. The zero-order valence-electron chi connectivity index (χ0n) is 15.0. The third-order valence-electron chi connectivity index (χ3n) is 4.80. The first-order valence-electron chi connectivity index (χ1n) is 9.18. The Bertz CT molecular complexity index is 1010. The maximum Gasteiger partial charge on any atom is 0.267 e. The number of furan rings is 1. The van der Waals surface area contributed by atoms with Crippen LogP contribution >= 0.6 is 0 Å². The van der Waals surface area contributed by atoms with Gasteiger partial charge in [0.15, 0.2) is 0 Å². The molecule has 0 bridgehead atoms. The number of benzene rings is 1. The van der Waals surface area contributed by atoms with E-state index < -0.39 is 0 Å². The Morgan fingerprint density at radius 1 is 1.15 bits per heavy atom. The van der Waals surface area contributed by atoms with Gasteiger partial charge in [-0.3, -0.25) is 9.59 Å². The fourth-order valence-electron chi connectivity index (χ4n) is 3.38. The Morgan fingerprint density at radius 3 is 2.89 bits per heavy atom. The minimum atomic E-state index is -0.181. The van der Waals surface area contributed by atoms with Crippen molar-refractivity contribution in [1.82, 2.24) is 15.1 Å². The molecule has 1 N–H and O–H groups in total. The number of carbonyl (C=O) groups is 1. The zero-order valence-corrected chi connectivity index (χ0v) is 15.0. The van der Waals surface area contributed by atoms with Gasteiger partial charge in [0.2, 0.25) is 0 Å². The lowest BCUT2D eigenvalue weighted by Crippen LogP contribution is -2.27. The number of hydrogen-bond donors (Lipinski definition) is 1. The summed E-state index contributed by atoms with van der Waals surface area (Å²) in [5.74, 6) is 0.517. The topological polar surface area (TPSA) is 77.1 Å². The van der Waals surface area contributed by atoms with Crippen LogP contribution in [0.3, 0.4) is 0 Å². The van der Waals surface area contributed by atoms with E-state index in [9.17, 15) is 9.59 Å². The van der Waals surface area contributed by atoms with Crippen molar-refractivity contribution in [3.8, 4) is 0 Å². The molecule has 4 rings (SSSR count). The second-order valence-electron chi connectivity index (χ2n) is 6.78. The Labute approximate surface area is 156 Å². The number of fused-ring (bicyclic) bond motifs is 1. The molecule has 0 fully saturated rings. The van der Waals surface area contributed by atoms with Crippen LogP contribution in [0.2, 0.25) is 0 Å². The fraction of sp³-hybridized carbons (Fsp3) is 0.286. The number of nitrogens with one attached hydrogen (secondary N) is 1. The Balaban J connectivity index is 1.49. The lowest BCUT2D eigenvalue weighted by atomic mass is 9.97. The summed E-state index contributed by atoms with van der Waals surface area (Å²) in [7, 11) is 0. The van der Waals surface area contributed by atoms with Crippen LogP contribution in [0.5, 0.6) is 0 Å². The van der Waals surface area contributed by atoms with Crippen LogP contribution in [0, 0.1) is 0 Å². The van der Waals surface area contributed by atoms with Crippen LogP contribution in [-0.2, 0) is 25.9 Å². The van der Waals surface area contributed by atoms with Crippen LogP contribution < -0.4 is 10.9 Å². The lowest BCUT2D eigenvalue weighted by Gasteiger charge is -2.16. The number of rotatable bonds is 5. The van der Waals surface area contributed by atoms with E-state index in [1.807, 2.05) is 18.2 Å². The molecule has 0 aliphatic heterocycles. The van der Waals surface area contributed by atoms with E-state index in [0.717, 1.165) is 42.5 Å². The molecule has 1 aliphatic rings. The normalized spacial score (nSPS) is 13.2. The van der Waals surface area contributed by atoms with E-state index in [1.165, 1.54) is 4.68 Å². The first kappa shape index (κ1) is 17.3. The van der Waals surface area contributed by atoms with Crippen LogP contribution in [0.4, 0.5) is 0 Å². The van der Waals surface area contributed by atoms with E-state index in [1.54, 1.807) is 30.5 Å². The number of amides is 1. The van der Waals surface area contributed by atoms with Gasteiger partial charge in [-0.25, -0.2) is 4.68 Å². The highest BCUT2D eigenvalue weighted by atomic mass is 16.3. The van der Waals surface area contributed by atoms with Crippen molar-refractivity contribution in [1.29, 1.82) is 0 Å². The number of nitrogens with zero attached hydrogens (tertiary/aromatic N) is 2. The van der Waals surface area contributed by atoms with Crippen molar-refractivity contribution in [3.05, 3.63) is 87.2 Å². The summed E-state index contributed by atoms with van der Waals surface area (Å²) in [6, 6.07) is 12.6. The summed E-state index contributed by atoms with van der Waals surface area (Å²) in [4.78, 5) is 24.7. The van der Waals surface area contributed by atoms with Crippen molar-refractivity contribution in [3.63, 3.8) is 0 Å². The summed E-state index contributed by atoms with van der Waals surface area (Å²) in [5, 5.41) is 7.37. The second-order valence-corrected chi connectivity index (χ2v) is 6.78. The van der Waals surface area contributed by atoms with Gasteiger partial charge in [0, 0.05) is 11.6 Å². The van der Waals surface area contributed by atoms with Gasteiger partial charge in [-0.15, -0.1) is 0 Å². The Kier molecular flexibility index (Phi) is 4.87. The molecule has 138 valence electrons. The average molecular weight is 363 g/mol. The van der Waals surface area contributed by atoms with Crippen molar-refractivity contribution < 1.29 is 9.21 Å². The molecule has 1 amide bonds. The maximum atomic E-state index is 12.4. The second kappa shape index (κ2) is 7.61. The third kappa shape index (κ3) is 4.00. The molecule has 0 radical (unpaired) electrons. The monoisotopic (exact) mass is 363 g/mol. The van der Waals surface area contributed by atoms with Crippen molar-refractivity contribution in [2.45, 2.75) is 38.8 Å². The van der Waals surface area contributed by atoms with Gasteiger partial charge in [0.25, 0.3) is 11.5 Å². The van der Waals surface area contributed by atoms with Gasteiger partial charge >= 0.3 is 0 Å². The molecular formula is C21H21N3O3. The van der Waals surface area contributed by atoms with Crippen molar-refractivity contribution >= 4 is 5.91 Å². The Morgan fingerprint density at radius 2 is 2.04 bits per heavy atom. The molecule has 0 spiro atoms. The van der Waals surface area contributed by atoms with Crippen LogP contribution in [0.15, 0.2) is 57.9 Å². The fourth-order valence-corrected chi connectivity index (χ4v) is 3.38. The van der Waals surface area contributed by atoms with Gasteiger partial charge < -0.3 is 9.73 Å². The summed E-state index contributed by atoms with van der Waals surface area (Å²) >= 11 is 0. The van der Waals surface area contributed by atoms with Crippen molar-refractivity contribution in [2.24, 2.45) is 0 Å². The molecule has 6 heteroatoms. The third-order valence-corrected chi connectivity index (χ3v) is 4.80. The van der Waals surface area contributed by atoms with Crippen molar-refractivity contribution in [2.75, 3.05) is 0 Å². The molecule has 2 heterocycles. The summed E-state index contributed by atoms with van der Waals surface area (Å²) in [6.45, 7) is 0.688. The van der Waals surface area contributed by atoms with E-state index in [4.69, 9.17) is 4.42 Å². The highest BCUT2D eigenvalue weighted by Gasteiger charge is 2.14. The molecule has 0 saturated heterocycles. The van der Waals surface area contributed by atoms with Gasteiger partial charge in [-0.05, 0) is 61.1 Å². The highest BCUT2D eigenvalue weighted by Crippen LogP contribution is 2.17. The first-order chi connectivity index (χ1) is 13.2. The molecule has 27 heavy (non-hydrogen) atoms. The molecule has 6 nitrogen and oxygen atoms in total. The quantitative estimate of drug-likeness (QED) is 0.756. The first-order valence-corrected chi connectivity index (χ1v) is 9.18. The minimum Gasteiger partial charge on any atom is -0.467 e. The van der Waals surface area contributed by atoms with Crippen LogP contribution in [0.1, 0.15) is 45.8 Å². The number of aryl methyl sites for hydroxylation is 2. The molecule has 0 unspecified atom stereocenters. The maximum absolute atomic E-state index is 12.4. The average Bonchev–Trinajstić information content (AvgIpc) is 3.20. The van der Waals surface area contributed by atoms with Crippen LogP contribution in [0.25, 0.3) is 0 Å². The highest BCUT2D eigenvalue weighted by molar-refractivity contribution is 5.94. The van der Waals surface area contributed by atoms with Crippen LogP contribution in [-0.4, -0.2) is 15.7 Å². The predicted molar refractivity (Wildman–Crippen MR) is 101 cm³/mol. The van der Waals surface area contributed by atoms with Gasteiger partial charge in [-0.1, -0.05) is 12.1 Å². The standard InChI is InChI=1S/C21H21N3O3/c25-20-12-16-6-1-2-9-19(16)23-24(20)14-15-5-3-7-17(11-15)21(26)22-13-18-8-4-10-27-18/h3-5,7-8,10-12H,1-2,6,9,13-14H2,(H,22,26). The molecule has 3 aromatic rings. The number of carbonyl (C=O) groups excluding carboxylic acids is 1. The summed E-state index contributed by atoms with van der Waals surface area (Å²) in [5.41, 5.74) is 3.42. The molecule has 1 aromatic carbocycles. The van der Waals surface area contributed by atoms with E-state index >= 15 is 0 Å². The predicted octanol–water partition coefficient (Wildman–Crippen LogP) is 2.69. The lowest BCUT2D eigenvalue weighted by molar-refractivity contribution is 0.0948. The molecule has 0 atom stereocenters. The summed E-state index contributed by atoms with van der Waals surface area (Å²) in [6.07, 6.45) is 5.66. The zero-order chi connectivity index (χ0) is 18.6. The molecule has 2 aromatic heterocycles. The largest absolute Gasteiger partial charge is 0.467 e. The van der Waals surface area contributed by atoms with Gasteiger partial charge in [0.05, 0.1) is 25.0 Å². The SMILES string of the molecule is O=C(NCc1ccco1)c1cccc(Cn2nc3c(cc2=O)CCCC3)c1. The van der Waals surface area contributed by atoms with E-state index in [0.29, 0.717) is 24.4 Å². The number of aromatic nitrogens is 2. The molecule has 0 saturated carbocycles. The van der Waals surface area contributed by atoms with Gasteiger partial charge in [-0.2, -0.15) is 5.10 Å². The van der Waals surface area contributed by atoms with Gasteiger partial charge in [0.1, 0.15) is 5.76 Å².